The van der Waals surface area contributed by atoms with Crippen LogP contribution >= 0.6 is 23.4 Å². The Bertz CT molecular complexity index is 1610. The molecule has 1 aliphatic rings. The minimum atomic E-state index is -0.585. The number of hydrogen-bond donors (Lipinski definition) is 2. The van der Waals surface area contributed by atoms with E-state index in [-0.39, 0.29) is 5.91 Å². The maximum Gasteiger partial charge on any atom is 0.255 e. The van der Waals surface area contributed by atoms with Crippen LogP contribution in [0.2, 0.25) is 5.02 Å². The molecule has 5 rings (SSSR count). The Balaban J connectivity index is 1.51. The molecule has 1 amide bonds. The Labute approximate surface area is 254 Å². The van der Waals surface area contributed by atoms with Gasteiger partial charge < -0.3 is 24.8 Å². The Kier molecular flexibility index (Phi) is 9.24. The molecule has 0 radical (unpaired) electrons. The van der Waals surface area contributed by atoms with Crippen molar-refractivity contribution in [1.82, 2.24) is 14.8 Å². The number of anilines is 2. The van der Waals surface area contributed by atoms with E-state index >= 15 is 0 Å². The molecule has 0 spiro atoms. The molecule has 3 aromatic carbocycles. The largest absolute Gasteiger partial charge is 0.493 e. The van der Waals surface area contributed by atoms with Gasteiger partial charge in [-0.1, -0.05) is 60.6 Å². The van der Waals surface area contributed by atoms with Crippen LogP contribution in [0.15, 0.2) is 83.2 Å². The fourth-order valence-corrected chi connectivity index (χ4v) is 5.36. The molecular formula is C31H32ClN5O4S. The molecule has 1 aromatic heterocycles. The van der Waals surface area contributed by atoms with Gasteiger partial charge in [0.15, 0.2) is 11.5 Å². The fourth-order valence-electron chi connectivity index (χ4n) is 4.68. The van der Waals surface area contributed by atoms with E-state index in [2.05, 4.69) is 15.6 Å². The quantitative estimate of drug-likeness (QED) is 0.177. The van der Waals surface area contributed by atoms with Gasteiger partial charge in [-0.2, -0.15) is 4.98 Å². The minimum Gasteiger partial charge on any atom is -0.493 e. The third kappa shape index (κ3) is 6.34. The van der Waals surface area contributed by atoms with E-state index in [0.29, 0.717) is 63.5 Å². The number of hydrogen-bond acceptors (Lipinski definition) is 8. The number of para-hydroxylation sites is 2. The van der Waals surface area contributed by atoms with E-state index in [1.54, 1.807) is 11.8 Å². The highest BCUT2D eigenvalue weighted by Crippen LogP contribution is 2.40. The van der Waals surface area contributed by atoms with Crippen LogP contribution in [0.5, 0.6) is 17.2 Å². The van der Waals surface area contributed by atoms with Gasteiger partial charge in [-0.05, 0) is 67.1 Å². The smallest absolute Gasteiger partial charge is 0.255 e. The van der Waals surface area contributed by atoms with Crippen molar-refractivity contribution in [3.8, 4) is 17.2 Å². The number of ether oxygens (including phenoxy) is 3. The molecule has 11 heteroatoms. The summed E-state index contributed by atoms with van der Waals surface area (Å²) in [6.07, 6.45) is 0. The lowest BCUT2D eigenvalue weighted by Crippen LogP contribution is -2.31. The van der Waals surface area contributed by atoms with Crippen molar-refractivity contribution in [2.75, 3.05) is 30.1 Å². The summed E-state index contributed by atoms with van der Waals surface area (Å²) in [6.45, 7) is 6.63. The van der Waals surface area contributed by atoms with E-state index in [0.717, 1.165) is 16.9 Å². The van der Waals surface area contributed by atoms with Gasteiger partial charge in [-0.25, -0.2) is 4.68 Å². The molecule has 218 valence electrons. The minimum absolute atomic E-state index is 0.287. The maximum atomic E-state index is 14.0. The van der Waals surface area contributed by atoms with Crippen molar-refractivity contribution < 1.29 is 19.0 Å². The normalized spacial score (nSPS) is 14.2. The topological polar surface area (TPSA) is 99.5 Å². The van der Waals surface area contributed by atoms with Crippen LogP contribution in [0.25, 0.3) is 0 Å². The summed E-state index contributed by atoms with van der Waals surface area (Å²) < 4.78 is 19.3. The number of nitrogens with zero attached hydrogens (tertiary/aromatic N) is 3. The average molecular weight is 606 g/mol. The van der Waals surface area contributed by atoms with E-state index in [4.69, 9.17) is 30.9 Å². The summed E-state index contributed by atoms with van der Waals surface area (Å²) in [7, 11) is 1.59. The standard InChI is InChI=1S/C31H32ClN5O4S/c1-5-40-24-10-8-7-9-23(24)34-29(38)27-19(3)33-30-35-31(42-6-2)36-37(30)28(27)21-13-16-25(26(17-21)39-4)41-18-20-11-14-22(32)15-12-20/h7-17,28H,5-6,18H2,1-4H3,(H,34,38)(H,33,35,36). The van der Waals surface area contributed by atoms with Gasteiger partial charge in [0.25, 0.3) is 5.91 Å². The van der Waals surface area contributed by atoms with Gasteiger partial charge in [-0.3, -0.25) is 4.79 Å². The highest BCUT2D eigenvalue weighted by Gasteiger charge is 2.35. The lowest BCUT2D eigenvalue weighted by Gasteiger charge is -2.29. The molecule has 42 heavy (non-hydrogen) atoms. The van der Waals surface area contributed by atoms with E-state index in [1.807, 2.05) is 87.5 Å². The zero-order valence-corrected chi connectivity index (χ0v) is 25.4. The average Bonchev–Trinajstić information content (AvgIpc) is 3.39. The van der Waals surface area contributed by atoms with Gasteiger partial charge in [0.1, 0.15) is 18.4 Å². The lowest BCUT2D eigenvalue weighted by molar-refractivity contribution is -0.113. The number of fused-ring (bicyclic) bond motifs is 1. The third-order valence-electron chi connectivity index (χ3n) is 6.60. The fraction of sp³-hybridized carbons (Fsp3) is 0.258. The number of rotatable bonds is 11. The number of benzene rings is 3. The summed E-state index contributed by atoms with van der Waals surface area (Å²) in [5.74, 6) is 2.79. The summed E-state index contributed by atoms with van der Waals surface area (Å²) in [4.78, 5) is 18.6. The summed E-state index contributed by atoms with van der Waals surface area (Å²) in [5.41, 5.74) is 3.50. The predicted molar refractivity (Wildman–Crippen MR) is 166 cm³/mol. The second kappa shape index (κ2) is 13.2. The molecule has 2 heterocycles. The Morgan fingerprint density at radius 3 is 2.57 bits per heavy atom. The number of aromatic nitrogens is 3. The van der Waals surface area contributed by atoms with Crippen LogP contribution in [0.4, 0.5) is 11.6 Å². The number of methoxy groups -OCH3 is 1. The van der Waals surface area contributed by atoms with Crippen molar-refractivity contribution in [2.45, 2.75) is 38.6 Å². The third-order valence-corrected chi connectivity index (χ3v) is 7.57. The molecule has 9 nitrogen and oxygen atoms in total. The zero-order chi connectivity index (χ0) is 29.6. The lowest BCUT2D eigenvalue weighted by atomic mass is 9.94. The summed E-state index contributed by atoms with van der Waals surface area (Å²) in [6, 6.07) is 19.9. The Morgan fingerprint density at radius 2 is 1.83 bits per heavy atom. The molecule has 0 saturated carbocycles. The van der Waals surface area contributed by atoms with Crippen LogP contribution in [0.1, 0.15) is 37.9 Å². The van der Waals surface area contributed by atoms with Crippen LogP contribution in [-0.4, -0.2) is 40.1 Å². The van der Waals surface area contributed by atoms with Crippen molar-refractivity contribution in [3.05, 3.63) is 94.1 Å². The zero-order valence-electron chi connectivity index (χ0n) is 23.8. The number of halogens is 1. The number of carbonyl (C=O) groups is 1. The van der Waals surface area contributed by atoms with Crippen LogP contribution in [-0.2, 0) is 11.4 Å². The maximum absolute atomic E-state index is 14.0. The van der Waals surface area contributed by atoms with Gasteiger partial charge in [0.2, 0.25) is 11.1 Å². The van der Waals surface area contributed by atoms with Crippen molar-refractivity contribution >= 4 is 40.9 Å². The monoisotopic (exact) mass is 605 g/mol. The molecule has 1 unspecified atom stereocenters. The van der Waals surface area contributed by atoms with Gasteiger partial charge in [0.05, 0.1) is 25.0 Å². The highest BCUT2D eigenvalue weighted by atomic mass is 35.5. The van der Waals surface area contributed by atoms with Crippen molar-refractivity contribution in [2.24, 2.45) is 0 Å². The van der Waals surface area contributed by atoms with E-state index < -0.39 is 6.04 Å². The molecule has 1 atom stereocenters. The highest BCUT2D eigenvalue weighted by molar-refractivity contribution is 7.99. The molecule has 0 aliphatic carbocycles. The summed E-state index contributed by atoms with van der Waals surface area (Å²) in [5, 5.41) is 12.4. The first-order chi connectivity index (χ1) is 20.4. The molecule has 0 fully saturated rings. The van der Waals surface area contributed by atoms with Crippen LogP contribution < -0.4 is 24.8 Å². The van der Waals surface area contributed by atoms with E-state index in [1.165, 1.54) is 11.8 Å². The SMILES string of the molecule is CCOc1ccccc1NC(=O)C1=C(C)Nc2nc(SCC)nn2C1c1ccc(OCc2ccc(Cl)cc2)c(OC)c1. The molecule has 1 aliphatic heterocycles. The second-order valence-corrected chi connectivity index (χ2v) is 11.0. The summed E-state index contributed by atoms with van der Waals surface area (Å²) >= 11 is 7.55. The van der Waals surface area contributed by atoms with Crippen molar-refractivity contribution in [3.63, 3.8) is 0 Å². The molecule has 4 aromatic rings. The molecule has 0 bridgehead atoms. The second-order valence-electron chi connectivity index (χ2n) is 9.37. The number of allylic oxidation sites excluding steroid dienone is 1. The molecular weight excluding hydrogens is 574 g/mol. The molecule has 2 N–H and O–H groups in total. The first kappa shape index (κ1) is 29.3. The molecule has 0 saturated heterocycles. The number of thioether (sulfide) groups is 1. The van der Waals surface area contributed by atoms with Gasteiger partial charge >= 0.3 is 0 Å². The predicted octanol–water partition coefficient (Wildman–Crippen LogP) is 6.96. The number of carbonyl (C=O) groups excluding carboxylic acids is 1. The Hall–Kier alpha value is -4.15. The van der Waals surface area contributed by atoms with Gasteiger partial charge in [0, 0.05) is 10.7 Å². The van der Waals surface area contributed by atoms with Crippen molar-refractivity contribution in [1.29, 1.82) is 0 Å². The Morgan fingerprint density at radius 1 is 1.05 bits per heavy atom. The van der Waals surface area contributed by atoms with Crippen LogP contribution in [0, 0.1) is 0 Å². The number of amides is 1. The van der Waals surface area contributed by atoms with Gasteiger partial charge in [-0.15, -0.1) is 5.10 Å². The number of nitrogens with one attached hydrogen (secondary N) is 2. The van der Waals surface area contributed by atoms with Crippen LogP contribution in [0.3, 0.4) is 0 Å². The first-order valence-electron chi connectivity index (χ1n) is 13.6. The van der Waals surface area contributed by atoms with E-state index in [9.17, 15) is 4.79 Å². The first-order valence-corrected chi connectivity index (χ1v) is 14.9.